The Kier molecular flexibility index (Phi) is 9.87. The van der Waals surface area contributed by atoms with E-state index in [1.807, 2.05) is 0 Å². The number of nitrogens with zero attached hydrogens (tertiary/aromatic N) is 1. The molecule has 0 bridgehead atoms. The third-order valence-corrected chi connectivity index (χ3v) is 4.84. The van der Waals surface area contributed by atoms with Gasteiger partial charge in [0.05, 0.1) is 10.3 Å². The zero-order valence-corrected chi connectivity index (χ0v) is 17.0. The molecule has 2 N–H and O–H groups in total. The molecule has 1 aliphatic rings. The molecule has 0 amide bonds. The molecule has 7 heteroatoms. The van der Waals surface area contributed by atoms with Crippen LogP contribution in [0, 0.1) is 5.92 Å². The summed E-state index contributed by atoms with van der Waals surface area (Å²) in [5, 5.41) is 8.88. The summed E-state index contributed by atoms with van der Waals surface area (Å²) in [6.07, 6.45) is 2.29. The maximum absolute atomic E-state index is 5.38. The van der Waals surface area contributed by atoms with Crippen molar-refractivity contribution in [3.8, 4) is 0 Å². The Morgan fingerprint density at radius 3 is 2.81 bits per heavy atom. The molecule has 120 valence electrons. The number of nitrogens with one attached hydrogen (secondary N) is 2. The van der Waals surface area contributed by atoms with Crippen LogP contribution in [-0.2, 0) is 11.3 Å². The molecule has 1 fully saturated rings. The van der Waals surface area contributed by atoms with Crippen molar-refractivity contribution in [3.63, 3.8) is 0 Å². The van der Waals surface area contributed by atoms with Crippen LogP contribution in [0.4, 0.5) is 0 Å². The van der Waals surface area contributed by atoms with Gasteiger partial charge in [-0.2, -0.15) is 0 Å². The van der Waals surface area contributed by atoms with Crippen molar-refractivity contribution in [2.45, 2.75) is 26.3 Å². The van der Waals surface area contributed by atoms with Gasteiger partial charge in [-0.25, -0.2) is 4.99 Å². The third-order valence-electron chi connectivity index (χ3n) is 3.28. The fourth-order valence-corrected chi connectivity index (χ4v) is 3.33. The quantitative estimate of drug-likeness (QED) is 0.379. The van der Waals surface area contributed by atoms with E-state index in [1.54, 1.807) is 11.3 Å². The fraction of sp³-hybridized carbons (Fsp3) is 0.643. The molecule has 0 aliphatic carbocycles. The summed E-state index contributed by atoms with van der Waals surface area (Å²) in [7, 11) is 0. The monoisotopic (exact) mass is 487 g/mol. The second kappa shape index (κ2) is 10.8. The molecular formula is C14H23BrIN3OS. The van der Waals surface area contributed by atoms with E-state index in [9.17, 15) is 0 Å². The number of thiophene rings is 1. The zero-order chi connectivity index (χ0) is 14.2. The number of guanidine groups is 1. The first-order valence-electron chi connectivity index (χ1n) is 7.10. The molecule has 4 nitrogen and oxygen atoms in total. The van der Waals surface area contributed by atoms with Crippen LogP contribution >= 0.6 is 51.2 Å². The minimum Gasteiger partial charge on any atom is -0.381 e. The Morgan fingerprint density at radius 1 is 1.43 bits per heavy atom. The number of aliphatic imine (C=N–C) groups is 1. The molecule has 1 aliphatic heterocycles. The van der Waals surface area contributed by atoms with E-state index in [4.69, 9.17) is 4.74 Å². The van der Waals surface area contributed by atoms with Crippen LogP contribution in [-0.4, -0.2) is 32.3 Å². The second-order valence-electron chi connectivity index (χ2n) is 4.89. The summed E-state index contributed by atoms with van der Waals surface area (Å²) in [5.41, 5.74) is 1.24. The molecule has 0 unspecified atom stereocenters. The predicted octanol–water partition coefficient (Wildman–Crippen LogP) is 3.61. The van der Waals surface area contributed by atoms with Gasteiger partial charge in [0.15, 0.2) is 5.96 Å². The summed E-state index contributed by atoms with van der Waals surface area (Å²) in [6, 6.07) is 2.12. The summed E-state index contributed by atoms with van der Waals surface area (Å²) >= 11 is 5.18. The highest BCUT2D eigenvalue weighted by Gasteiger charge is 2.13. The lowest BCUT2D eigenvalue weighted by Gasteiger charge is -2.23. The van der Waals surface area contributed by atoms with Crippen LogP contribution in [0.2, 0.25) is 0 Å². The zero-order valence-electron chi connectivity index (χ0n) is 12.2. The third kappa shape index (κ3) is 7.30. The van der Waals surface area contributed by atoms with Gasteiger partial charge in [0.2, 0.25) is 0 Å². The summed E-state index contributed by atoms with van der Waals surface area (Å²) < 4.78 is 6.54. The first-order chi connectivity index (χ1) is 9.78. The van der Waals surface area contributed by atoms with Crippen molar-refractivity contribution in [2.24, 2.45) is 10.9 Å². The molecule has 21 heavy (non-hydrogen) atoms. The minimum absolute atomic E-state index is 0. The van der Waals surface area contributed by atoms with Gasteiger partial charge in [0.1, 0.15) is 0 Å². The van der Waals surface area contributed by atoms with Crippen molar-refractivity contribution in [1.29, 1.82) is 0 Å². The number of hydrogen-bond donors (Lipinski definition) is 2. The molecule has 1 aromatic rings. The predicted molar refractivity (Wildman–Crippen MR) is 104 cm³/mol. The minimum atomic E-state index is 0. The van der Waals surface area contributed by atoms with Crippen LogP contribution in [0.1, 0.15) is 25.3 Å². The smallest absolute Gasteiger partial charge is 0.191 e. The van der Waals surface area contributed by atoms with Gasteiger partial charge in [-0.15, -0.1) is 35.3 Å². The Hall–Kier alpha value is 0.140. The van der Waals surface area contributed by atoms with Crippen LogP contribution in [0.5, 0.6) is 0 Å². The van der Waals surface area contributed by atoms with E-state index in [-0.39, 0.29) is 24.0 Å². The number of halogens is 2. The highest BCUT2D eigenvalue weighted by atomic mass is 127. The first kappa shape index (κ1) is 19.2. The van der Waals surface area contributed by atoms with E-state index in [1.165, 1.54) is 5.56 Å². The lowest BCUT2D eigenvalue weighted by atomic mass is 10.0. The molecule has 2 heterocycles. The lowest BCUT2D eigenvalue weighted by molar-refractivity contribution is 0.0675. The maximum Gasteiger partial charge on any atom is 0.191 e. The van der Waals surface area contributed by atoms with E-state index in [0.29, 0.717) is 12.5 Å². The fourth-order valence-electron chi connectivity index (χ4n) is 2.13. The van der Waals surface area contributed by atoms with Crippen LogP contribution in [0.15, 0.2) is 20.2 Å². The molecule has 0 radical (unpaired) electrons. The average molecular weight is 488 g/mol. The number of rotatable bonds is 5. The van der Waals surface area contributed by atoms with E-state index < -0.39 is 0 Å². The number of ether oxygens (including phenoxy) is 1. The van der Waals surface area contributed by atoms with Crippen molar-refractivity contribution < 1.29 is 4.74 Å². The number of hydrogen-bond acceptors (Lipinski definition) is 3. The normalized spacial score (nSPS) is 16.4. The van der Waals surface area contributed by atoms with E-state index in [0.717, 1.165) is 48.9 Å². The summed E-state index contributed by atoms with van der Waals surface area (Å²) in [5.74, 6) is 1.60. The van der Waals surface area contributed by atoms with Gasteiger partial charge >= 0.3 is 0 Å². The van der Waals surface area contributed by atoms with Crippen molar-refractivity contribution in [1.82, 2.24) is 10.6 Å². The van der Waals surface area contributed by atoms with Gasteiger partial charge < -0.3 is 15.4 Å². The van der Waals surface area contributed by atoms with Gasteiger partial charge in [-0.05, 0) is 58.6 Å². The van der Waals surface area contributed by atoms with Gasteiger partial charge in [0.25, 0.3) is 0 Å². The molecule has 0 atom stereocenters. The highest BCUT2D eigenvalue weighted by molar-refractivity contribution is 14.0. The molecule has 0 aromatic carbocycles. The summed E-state index contributed by atoms with van der Waals surface area (Å²) in [6.45, 7) is 6.44. The average Bonchev–Trinajstić information content (AvgIpc) is 2.89. The summed E-state index contributed by atoms with van der Waals surface area (Å²) in [4.78, 5) is 4.63. The highest BCUT2D eigenvalue weighted by Crippen LogP contribution is 2.21. The molecule has 0 saturated carbocycles. The Morgan fingerprint density at radius 2 is 2.19 bits per heavy atom. The molecule has 2 rings (SSSR count). The van der Waals surface area contributed by atoms with Gasteiger partial charge in [-0.3, -0.25) is 0 Å². The lowest BCUT2D eigenvalue weighted by Crippen LogP contribution is -2.40. The van der Waals surface area contributed by atoms with Crippen molar-refractivity contribution in [3.05, 3.63) is 20.8 Å². The molecule has 0 spiro atoms. The van der Waals surface area contributed by atoms with Crippen LogP contribution in [0.25, 0.3) is 0 Å². The van der Waals surface area contributed by atoms with Crippen LogP contribution < -0.4 is 10.6 Å². The molecule has 1 aromatic heterocycles. The Balaban J connectivity index is 0.00000220. The Labute approximate surface area is 156 Å². The van der Waals surface area contributed by atoms with Crippen molar-refractivity contribution in [2.75, 3.05) is 26.3 Å². The SMILES string of the molecule is CCNC(=NCc1csc(Br)c1)NCC1CCOCC1.I. The van der Waals surface area contributed by atoms with Crippen molar-refractivity contribution >= 4 is 57.2 Å². The topological polar surface area (TPSA) is 45.7 Å². The maximum atomic E-state index is 5.38. The van der Waals surface area contributed by atoms with E-state index >= 15 is 0 Å². The molecule has 1 saturated heterocycles. The molecular weight excluding hydrogens is 465 g/mol. The van der Waals surface area contributed by atoms with Crippen LogP contribution in [0.3, 0.4) is 0 Å². The second-order valence-corrected chi connectivity index (χ2v) is 7.18. The van der Waals surface area contributed by atoms with E-state index in [2.05, 4.69) is 49.9 Å². The standard InChI is InChI=1S/C14H22BrN3OS.HI/c1-2-16-14(17-8-11-3-5-19-6-4-11)18-9-12-7-13(15)20-10-12;/h7,10-11H,2-6,8-9H2,1H3,(H2,16,17,18);1H. The van der Waals surface area contributed by atoms with Gasteiger partial charge in [0, 0.05) is 26.3 Å². The largest absolute Gasteiger partial charge is 0.381 e. The Bertz CT molecular complexity index is 436. The first-order valence-corrected chi connectivity index (χ1v) is 8.78. The van der Waals surface area contributed by atoms with Gasteiger partial charge in [-0.1, -0.05) is 0 Å².